The Labute approximate surface area is 67.0 Å². The number of ether oxygens (including phenoxy) is 1. The van der Waals surface area contributed by atoms with Crippen LogP contribution >= 0.6 is 0 Å². The van der Waals surface area contributed by atoms with Crippen LogP contribution in [0, 0.1) is 11.8 Å². The van der Waals surface area contributed by atoms with Crippen molar-refractivity contribution in [3.63, 3.8) is 0 Å². The normalized spacial score (nSPS) is 40.1. The van der Waals surface area contributed by atoms with Crippen molar-refractivity contribution in [3.8, 4) is 0 Å². The van der Waals surface area contributed by atoms with Crippen LogP contribution in [0.1, 0.15) is 13.3 Å². The molecule has 0 radical (unpaired) electrons. The molecular formula is C8H16O3. The second kappa shape index (κ2) is 4.04. The lowest BCUT2D eigenvalue weighted by atomic mass is 9.97. The van der Waals surface area contributed by atoms with Gasteiger partial charge in [-0.1, -0.05) is 6.92 Å². The first-order valence-electron chi connectivity index (χ1n) is 4.10. The van der Waals surface area contributed by atoms with Crippen molar-refractivity contribution in [1.29, 1.82) is 0 Å². The third-order valence-electron chi connectivity index (χ3n) is 2.16. The summed E-state index contributed by atoms with van der Waals surface area (Å²) in [5.74, 6) is 0.321. The second-order valence-corrected chi connectivity index (χ2v) is 3.39. The van der Waals surface area contributed by atoms with Gasteiger partial charge >= 0.3 is 0 Å². The van der Waals surface area contributed by atoms with Gasteiger partial charge in [-0.25, -0.2) is 0 Å². The third-order valence-corrected chi connectivity index (χ3v) is 2.16. The van der Waals surface area contributed by atoms with E-state index in [1.165, 1.54) is 0 Å². The maximum absolute atomic E-state index is 9.48. The van der Waals surface area contributed by atoms with Gasteiger partial charge in [0.1, 0.15) is 0 Å². The average Bonchev–Trinajstić information content (AvgIpc) is 2.11. The van der Waals surface area contributed by atoms with Gasteiger partial charge in [0.2, 0.25) is 0 Å². The minimum absolute atomic E-state index is 0.0217. The Bertz CT molecular complexity index is 116. The summed E-state index contributed by atoms with van der Waals surface area (Å²) >= 11 is 0. The van der Waals surface area contributed by atoms with Crippen molar-refractivity contribution < 1.29 is 14.9 Å². The zero-order valence-electron chi connectivity index (χ0n) is 6.86. The van der Waals surface area contributed by atoms with Gasteiger partial charge in [0, 0.05) is 12.5 Å². The highest BCUT2D eigenvalue weighted by Gasteiger charge is 2.24. The van der Waals surface area contributed by atoms with Crippen LogP contribution in [0.3, 0.4) is 0 Å². The van der Waals surface area contributed by atoms with Crippen molar-refractivity contribution >= 4 is 0 Å². The van der Waals surface area contributed by atoms with Crippen LogP contribution in [0.25, 0.3) is 0 Å². The second-order valence-electron chi connectivity index (χ2n) is 3.39. The fourth-order valence-corrected chi connectivity index (χ4v) is 1.38. The lowest BCUT2D eigenvalue weighted by Gasteiger charge is -2.16. The lowest BCUT2D eigenvalue weighted by Crippen LogP contribution is -2.26. The van der Waals surface area contributed by atoms with E-state index < -0.39 is 6.10 Å². The van der Waals surface area contributed by atoms with Crippen LogP contribution in [-0.2, 0) is 4.74 Å². The zero-order chi connectivity index (χ0) is 8.27. The molecule has 66 valence electrons. The molecule has 0 aliphatic carbocycles. The molecule has 0 saturated carbocycles. The monoisotopic (exact) mass is 160 g/mol. The molecule has 0 aromatic rings. The minimum Gasteiger partial charge on any atom is -0.396 e. The van der Waals surface area contributed by atoms with Gasteiger partial charge in [-0.05, 0) is 12.3 Å². The minimum atomic E-state index is -0.391. The van der Waals surface area contributed by atoms with E-state index in [4.69, 9.17) is 9.84 Å². The van der Waals surface area contributed by atoms with Crippen molar-refractivity contribution in [2.45, 2.75) is 19.4 Å². The molecule has 0 spiro atoms. The largest absolute Gasteiger partial charge is 0.396 e. The number of rotatable bonds is 1. The van der Waals surface area contributed by atoms with Crippen LogP contribution in [0.4, 0.5) is 0 Å². The molecule has 3 heteroatoms. The van der Waals surface area contributed by atoms with Crippen LogP contribution in [-0.4, -0.2) is 36.1 Å². The van der Waals surface area contributed by atoms with Gasteiger partial charge in [-0.3, -0.25) is 0 Å². The van der Waals surface area contributed by atoms with Gasteiger partial charge in [0.05, 0.1) is 19.3 Å². The summed E-state index contributed by atoms with van der Waals surface area (Å²) in [7, 11) is 0. The van der Waals surface area contributed by atoms with Gasteiger partial charge in [0.15, 0.2) is 0 Å². The van der Waals surface area contributed by atoms with Crippen LogP contribution < -0.4 is 0 Å². The Morgan fingerprint density at radius 3 is 2.82 bits per heavy atom. The Hall–Kier alpha value is -0.120. The SMILES string of the molecule is C[C@@H]1COC[C@H](CO)[C@H](O)C1. The number of aliphatic hydroxyl groups excluding tert-OH is 2. The fraction of sp³-hybridized carbons (Fsp3) is 1.00. The molecule has 3 atom stereocenters. The van der Waals surface area contributed by atoms with E-state index in [-0.39, 0.29) is 12.5 Å². The quantitative estimate of drug-likeness (QED) is 0.568. The summed E-state index contributed by atoms with van der Waals surface area (Å²) in [6, 6.07) is 0. The molecule has 1 fully saturated rings. The van der Waals surface area contributed by atoms with E-state index in [9.17, 15) is 5.11 Å². The number of hydrogen-bond acceptors (Lipinski definition) is 3. The molecule has 11 heavy (non-hydrogen) atoms. The molecule has 1 aliphatic rings. The predicted octanol–water partition coefficient (Wildman–Crippen LogP) is 0.0122. The highest BCUT2D eigenvalue weighted by molar-refractivity contribution is 4.73. The average molecular weight is 160 g/mol. The summed E-state index contributed by atoms with van der Waals surface area (Å²) in [5.41, 5.74) is 0. The Balaban J connectivity index is 2.43. The standard InChI is InChI=1S/C8H16O3/c1-6-2-8(10)7(3-9)5-11-4-6/h6-10H,2-5H2,1H3/t6-,7-,8+/m0/s1. The lowest BCUT2D eigenvalue weighted by molar-refractivity contribution is 0.0262. The molecule has 1 rings (SSSR count). The van der Waals surface area contributed by atoms with Crippen LogP contribution in [0.5, 0.6) is 0 Å². The Morgan fingerprint density at radius 1 is 1.45 bits per heavy atom. The summed E-state index contributed by atoms with van der Waals surface area (Å²) in [5, 5.41) is 18.3. The van der Waals surface area contributed by atoms with Gasteiger partial charge in [0.25, 0.3) is 0 Å². The van der Waals surface area contributed by atoms with Crippen molar-refractivity contribution in [2.24, 2.45) is 11.8 Å². The Morgan fingerprint density at radius 2 is 2.18 bits per heavy atom. The van der Waals surface area contributed by atoms with Gasteiger partial charge in [-0.15, -0.1) is 0 Å². The summed E-state index contributed by atoms with van der Waals surface area (Å²) in [6.07, 6.45) is 0.350. The molecule has 2 N–H and O–H groups in total. The molecule has 3 nitrogen and oxygen atoms in total. The highest BCUT2D eigenvalue weighted by atomic mass is 16.5. The Kier molecular flexibility index (Phi) is 3.30. The van der Waals surface area contributed by atoms with E-state index in [0.29, 0.717) is 19.1 Å². The molecule has 0 aromatic heterocycles. The first-order chi connectivity index (χ1) is 5.24. The van der Waals surface area contributed by atoms with E-state index in [2.05, 4.69) is 0 Å². The predicted molar refractivity (Wildman–Crippen MR) is 41.2 cm³/mol. The van der Waals surface area contributed by atoms with Crippen molar-refractivity contribution in [1.82, 2.24) is 0 Å². The first-order valence-corrected chi connectivity index (χ1v) is 4.10. The van der Waals surface area contributed by atoms with Gasteiger partial charge in [-0.2, -0.15) is 0 Å². The van der Waals surface area contributed by atoms with Crippen LogP contribution in [0.2, 0.25) is 0 Å². The molecule has 0 amide bonds. The van der Waals surface area contributed by atoms with Crippen LogP contribution in [0.15, 0.2) is 0 Å². The molecule has 0 bridgehead atoms. The van der Waals surface area contributed by atoms with Gasteiger partial charge < -0.3 is 14.9 Å². The fourth-order valence-electron chi connectivity index (χ4n) is 1.38. The summed E-state index contributed by atoms with van der Waals surface area (Å²) < 4.78 is 5.26. The topological polar surface area (TPSA) is 49.7 Å². The van der Waals surface area contributed by atoms with E-state index in [1.54, 1.807) is 0 Å². The van der Waals surface area contributed by atoms with E-state index >= 15 is 0 Å². The summed E-state index contributed by atoms with van der Waals surface area (Å²) in [6.45, 7) is 3.26. The maximum Gasteiger partial charge on any atom is 0.0615 e. The molecular weight excluding hydrogens is 144 g/mol. The van der Waals surface area contributed by atoms with E-state index in [1.807, 2.05) is 6.92 Å². The zero-order valence-corrected chi connectivity index (χ0v) is 6.86. The van der Waals surface area contributed by atoms with Crippen molar-refractivity contribution in [3.05, 3.63) is 0 Å². The molecule has 1 saturated heterocycles. The maximum atomic E-state index is 9.48. The van der Waals surface area contributed by atoms with Crippen molar-refractivity contribution in [2.75, 3.05) is 19.8 Å². The van der Waals surface area contributed by atoms with E-state index in [0.717, 1.165) is 6.42 Å². The molecule has 1 aliphatic heterocycles. The molecule has 1 heterocycles. The molecule has 0 unspecified atom stereocenters. The molecule has 0 aromatic carbocycles. The highest BCUT2D eigenvalue weighted by Crippen LogP contribution is 2.18. The third kappa shape index (κ3) is 2.43. The summed E-state index contributed by atoms with van der Waals surface area (Å²) in [4.78, 5) is 0. The number of hydrogen-bond donors (Lipinski definition) is 2. The number of aliphatic hydroxyl groups is 2. The smallest absolute Gasteiger partial charge is 0.0615 e. The first kappa shape index (κ1) is 8.97.